The van der Waals surface area contributed by atoms with E-state index < -0.39 is 5.41 Å². The summed E-state index contributed by atoms with van der Waals surface area (Å²) in [5.74, 6) is -0.579. The molecule has 1 saturated heterocycles. The Labute approximate surface area is 150 Å². The highest BCUT2D eigenvalue weighted by Gasteiger charge is 2.51. The van der Waals surface area contributed by atoms with Crippen LogP contribution in [0.3, 0.4) is 0 Å². The van der Waals surface area contributed by atoms with Crippen LogP contribution >= 0.6 is 22.9 Å². The molecule has 7 heteroatoms. The minimum atomic E-state index is -0.532. The van der Waals surface area contributed by atoms with Gasteiger partial charge in [0, 0.05) is 18.3 Å². The fourth-order valence-electron chi connectivity index (χ4n) is 3.65. The van der Waals surface area contributed by atoms with Crippen molar-refractivity contribution in [1.82, 2.24) is 9.80 Å². The first-order valence-corrected chi connectivity index (χ1v) is 9.44. The van der Waals surface area contributed by atoms with Gasteiger partial charge in [-0.05, 0) is 25.0 Å². The van der Waals surface area contributed by atoms with Gasteiger partial charge in [-0.3, -0.25) is 19.3 Å². The monoisotopic (exact) mass is 368 g/mol. The topological polar surface area (TPSA) is 57.7 Å². The van der Waals surface area contributed by atoms with Crippen LogP contribution in [0.1, 0.15) is 43.4 Å². The molecule has 1 aliphatic carbocycles. The smallest absolute Gasteiger partial charge is 0.242 e. The predicted molar refractivity (Wildman–Crippen MR) is 92.7 cm³/mol. The Bertz CT molecular complexity index is 667. The summed E-state index contributed by atoms with van der Waals surface area (Å²) in [5.41, 5.74) is -0.532. The maximum absolute atomic E-state index is 12.7. The second kappa shape index (κ2) is 6.84. The summed E-state index contributed by atoms with van der Waals surface area (Å²) in [6, 6.07) is 3.67. The number of halogens is 1. The fraction of sp³-hybridized carbons (Fsp3) is 0.588. The number of rotatable bonds is 4. The van der Waals surface area contributed by atoms with E-state index in [1.165, 1.54) is 21.1 Å². The molecule has 2 aliphatic rings. The molecule has 1 spiro atoms. The molecule has 24 heavy (non-hydrogen) atoms. The van der Waals surface area contributed by atoms with Crippen molar-refractivity contribution in [3.63, 3.8) is 0 Å². The van der Waals surface area contributed by atoms with Crippen molar-refractivity contribution in [2.45, 2.75) is 45.1 Å². The first kappa shape index (κ1) is 17.4. The van der Waals surface area contributed by atoms with E-state index >= 15 is 0 Å². The summed E-state index contributed by atoms with van der Waals surface area (Å²) in [6.07, 6.45) is 4.90. The normalized spacial score (nSPS) is 20.0. The van der Waals surface area contributed by atoms with Crippen molar-refractivity contribution in [3.8, 4) is 0 Å². The van der Waals surface area contributed by atoms with Gasteiger partial charge in [0.15, 0.2) is 0 Å². The number of thiophene rings is 1. The zero-order valence-corrected chi connectivity index (χ0v) is 15.3. The molecule has 1 aliphatic heterocycles. The minimum absolute atomic E-state index is 0.145. The molecule has 0 aromatic carbocycles. The molecule has 1 aromatic heterocycles. The summed E-state index contributed by atoms with van der Waals surface area (Å²) in [7, 11) is 1.68. The Morgan fingerprint density at radius 1 is 1.29 bits per heavy atom. The molecule has 0 bridgehead atoms. The van der Waals surface area contributed by atoms with Crippen molar-refractivity contribution >= 4 is 40.7 Å². The molecular formula is C17H21ClN2O3S. The number of hydrogen-bond donors (Lipinski definition) is 0. The quantitative estimate of drug-likeness (QED) is 0.767. The third-order valence-corrected chi connectivity index (χ3v) is 6.26. The number of carbonyl (C=O) groups is 3. The maximum Gasteiger partial charge on any atom is 0.242 e. The van der Waals surface area contributed by atoms with Crippen LogP contribution in [-0.4, -0.2) is 41.1 Å². The van der Waals surface area contributed by atoms with Gasteiger partial charge in [0.2, 0.25) is 17.7 Å². The third kappa shape index (κ3) is 3.35. The number of nitrogens with zero attached hydrogens (tertiary/aromatic N) is 2. The molecule has 1 saturated carbocycles. The largest absolute Gasteiger partial charge is 0.339 e. The van der Waals surface area contributed by atoms with Crippen molar-refractivity contribution in [1.29, 1.82) is 0 Å². The van der Waals surface area contributed by atoms with E-state index in [-0.39, 0.29) is 30.7 Å². The standard InChI is InChI=1S/C17H21ClN2O3S/c1-19(10-12-5-6-13(18)24-12)15(22)11-20-14(21)9-17(16(20)23)7-3-2-4-8-17/h5-6H,2-4,7-11H2,1H3. The van der Waals surface area contributed by atoms with Crippen molar-refractivity contribution in [2.75, 3.05) is 13.6 Å². The Balaban J connectivity index is 1.63. The van der Waals surface area contributed by atoms with Gasteiger partial charge >= 0.3 is 0 Å². The number of carbonyl (C=O) groups excluding carboxylic acids is 3. The molecule has 0 atom stereocenters. The van der Waals surface area contributed by atoms with Crippen LogP contribution < -0.4 is 0 Å². The number of imide groups is 1. The highest BCUT2D eigenvalue weighted by molar-refractivity contribution is 7.16. The zero-order chi connectivity index (χ0) is 17.3. The molecule has 1 aromatic rings. The molecule has 3 amide bonds. The van der Waals surface area contributed by atoms with Gasteiger partial charge in [-0.2, -0.15) is 0 Å². The molecule has 5 nitrogen and oxygen atoms in total. The summed E-state index contributed by atoms with van der Waals surface area (Å²) < 4.78 is 0.676. The molecule has 0 radical (unpaired) electrons. The molecule has 2 fully saturated rings. The second-order valence-electron chi connectivity index (χ2n) is 6.76. The lowest BCUT2D eigenvalue weighted by atomic mass is 9.73. The average molecular weight is 369 g/mol. The van der Waals surface area contributed by atoms with Crippen molar-refractivity contribution < 1.29 is 14.4 Å². The maximum atomic E-state index is 12.7. The van der Waals surface area contributed by atoms with Crippen LogP contribution in [0.15, 0.2) is 12.1 Å². The Morgan fingerprint density at radius 3 is 2.62 bits per heavy atom. The molecule has 0 N–H and O–H groups in total. The Hall–Kier alpha value is -1.40. The van der Waals surface area contributed by atoms with E-state index in [0.29, 0.717) is 10.9 Å². The lowest BCUT2D eigenvalue weighted by Gasteiger charge is -2.30. The van der Waals surface area contributed by atoms with Gasteiger partial charge in [0.25, 0.3) is 0 Å². The average Bonchev–Trinajstić information content (AvgIpc) is 3.05. The van der Waals surface area contributed by atoms with E-state index in [1.54, 1.807) is 13.1 Å². The number of amides is 3. The summed E-state index contributed by atoms with van der Waals surface area (Å²) in [5, 5.41) is 0. The summed E-state index contributed by atoms with van der Waals surface area (Å²) in [4.78, 5) is 41.1. The van der Waals surface area contributed by atoms with E-state index in [2.05, 4.69) is 0 Å². The molecular weight excluding hydrogens is 348 g/mol. The molecule has 130 valence electrons. The lowest BCUT2D eigenvalue weighted by Crippen LogP contribution is -2.43. The number of hydrogen-bond acceptors (Lipinski definition) is 4. The Morgan fingerprint density at radius 2 is 2.00 bits per heavy atom. The Kier molecular flexibility index (Phi) is 4.97. The van der Waals surface area contributed by atoms with Crippen LogP contribution in [0.25, 0.3) is 0 Å². The van der Waals surface area contributed by atoms with Gasteiger partial charge < -0.3 is 4.90 Å². The molecule has 0 unspecified atom stereocenters. The van der Waals surface area contributed by atoms with Gasteiger partial charge in [0.1, 0.15) is 6.54 Å². The first-order chi connectivity index (χ1) is 11.4. The van der Waals surface area contributed by atoms with Crippen LogP contribution in [0.4, 0.5) is 0 Å². The first-order valence-electron chi connectivity index (χ1n) is 8.24. The number of likely N-dealkylation sites (N-methyl/N-ethyl adjacent to an activating group) is 1. The molecule has 2 heterocycles. The van der Waals surface area contributed by atoms with Crippen LogP contribution in [-0.2, 0) is 20.9 Å². The number of likely N-dealkylation sites (tertiary alicyclic amines) is 1. The van der Waals surface area contributed by atoms with Gasteiger partial charge in [0.05, 0.1) is 16.3 Å². The van der Waals surface area contributed by atoms with E-state index in [0.717, 1.165) is 37.0 Å². The van der Waals surface area contributed by atoms with E-state index in [9.17, 15) is 14.4 Å². The highest BCUT2D eigenvalue weighted by atomic mass is 35.5. The fourth-order valence-corrected chi connectivity index (χ4v) is 4.79. The minimum Gasteiger partial charge on any atom is -0.339 e. The third-order valence-electron chi connectivity index (χ3n) is 5.04. The van der Waals surface area contributed by atoms with E-state index in [4.69, 9.17) is 11.6 Å². The van der Waals surface area contributed by atoms with Crippen LogP contribution in [0.2, 0.25) is 4.34 Å². The zero-order valence-electron chi connectivity index (χ0n) is 13.7. The molecule has 3 rings (SSSR count). The summed E-state index contributed by atoms with van der Waals surface area (Å²) >= 11 is 7.32. The highest BCUT2D eigenvalue weighted by Crippen LogP contribution is 2.45. The van der Waals surface area contributed by atoms with Crippen molar-refractivity contribution in [2.24, 2.45) is 5.41 Å². The second-order valence-corrected chi connectivity index (χ2v) is 8.56. The van der Waals surface area contributed by atoms with E-state index in [1.807, 2.05) is 6.07 Å². The SMILES string of the molecule is CN(Cc1ccc(Cl)s1)C(=O)CN1C(=O)CC2(CCCCC2)C1=O. The van der Waals surface area contributed by atoms with Crippen LogP contribution in [0, 0.1) is 5.41 Å². The lowest BCUT2D eigenvalue weighted by molar-refractivity contribution is -0.147. The van der Waals surface area contributed by atoms with Crippen LogP contribution in [0.5, 0.6) is 0 Å². The van der Waals surface area contributed by atoms with Gasteiger partial charge in [-0.15, -0.1) is 11.3 Å². The van der Waals surface area contributed by atoms with Gasteiger partial charge in [-0.25, -0.2) is 0 Å². The van der Waals surface area contributed by atoms with Crippen molar-refractivity contribution in [3.05, 3.63) is 21.3 Å². The summed E-state index contributed by atoms with van der Waals surface area (Å²) in [6.45, 7) is 0.270. The van der Waals surface area contributed by atoms with Gasteiger partial charge in [-0.1, -0.05) is 30.9 Å². The predicted octanol–water partition coefficient (Wildman–Crippen LogP) is 3.07.